The lowest BCUT2D eigenvalue weighted by Gasteiger charge is -1.88. The molecule has 0 heterocycles. The van der Waals surface area contributed by atoms with E-state index in [9.17, 15) is 4.79 Å². The van der Waals surface area contributed by atoms with Gasteiger partial charge in [0.2, 0.25) is 0 Å². The van der Waals surface area contributed by atoms with Gasteiger partial charge < -0.3 is 5.11 Å². The summed E-state index contributed by atoms with van der Waals surface area (Å²) in [5, 5.41) is 8.17. The second-order valence-electron chi connectivity index (χ2n) is 1.76. The Labute approximate surface area is 55.2 Å². The van der Waals surface area contributed by atoms with Crippen molar-refractivity contribution in [2.45, 2.75) is 19.3 Å². The lowest BCUT2D eigenvalue weighted by atomic mass is 10.2. The molecule has 0 aliphatic rings. The van der Waals surface area contributed by atoms with Crippen LogP contribution in [0.2, 0.25) is 0 Å². The highest BCUT2D eigenvalue weighted by atomic mass is 16.4. The second-order valence-corrected chi connectivity index (χ2v) is 1.76. The van der Waals surface area contributed by atoms with Crippen molar-refractivity contribution >= 4 is 5.97 Å². The molecule has 0 aliphatic heterocycles. The Bertz CT molecular complexity index is 105. The summed E-state index contributed by atoms with van der Waals surface area (Å²) in [6, 6.07) is 0. The smallest absolute Gasteiger partial charge is 0.303 e. The van der Waals surface area contributed by atoms with Gasteiger partial charge in [0.15, 0.2) is 0 Å². The minimum absolute atomic E-state index is 0.254. The van der Waals surface area contributed by atoms with E-state index in [1.54, 1.807) is 6.08 Å². The lowest BCUT2D eigenvalue weighted by Crippen LogP contribution is -1.92. The first-order valence-corrected chi connectivity index (χ1v) is 2.93. The highest BCUT2D eigenvalue weighted by Gasteiger charge is 1.92. The Hall–Kier alpha value is -0.790. The lowest BCUT2D eigenvalue weighted by molar-refractivity contribution is -0.137. The van der Waals surface area contributed by atoms with E-state index in [0.29, 0.717) is 6.42 Å². The van der Waals surface area contributed by atoms with Crippen molar-refractivity contribution in [3.05, 3.63) is 19.1 Å². The molecule has 0 atom stereocenters. The van der Waals surface area contributed by atoms with Gasteiger partial charge in [-0.2, -0.15) is 0 Å². The van der Waals surface area contributed by atoms with Gasteiger partial charge in [0.1, 0.15) is 0 Å². The molecular weight excluding hydrogens is 116 g/mol. The molecule has 0 saturated heterocycles. The average Bonchev–Trinajstić information content (AvgIpc) is 1.80. The van der Waals surface area contributed by atoms with E-state index >= 15 is 0 Å². The zero-order valence-corrected chi connectivity index (χ0v) is 5.34. The SMILES string of the molecule is [CH2]/C=C\CCCC(=O)O. The number of carboxylic acid groups (broad SMARTS) is 1. The van der Waals surface area contributed by atoms with Crippen LogP contribution < -0.4 is 0 Å². The summed E-state index contributed by atoms with van der Waals surface area (Å²) in [6.45, 7) is 3.47. The minimum atomic E-state index is -0.729. The third-order valence-electron chi connectivity index (χ3n) is 0.928. The quantitative estimate of drug-likeness (QED) is 0.583. The van der Waals surface area contributed by atoms with Gasteiger partial charge in [-0.05, 0) is 19.8 Å². The molecule has 0 aromatic rings. The Kier molecular flexibility index (Phi) is 4.88. The number of allylic oxidation sites excluding steroid dienone is 2. The van der Waals surface area contributed by atoms with Crippen molar-refractivity contribution in [2.24, 2.45) is 0 Å². The summed E-state index contributed by atoms with van der Waals surface area (Å²) >= 11 is 0. The molecule has 0 spiro atoms. The van der Waals surface area contributed by atoms with Gasteiger partial charge in [-0.3, -0.25) is 4.79 Å². The monoisotopic (exact) mass is 127 g/mol. The van der Waals surface area contributed by atoms with Crippen molar-refractivity contribution in [3.8, 4) is 0 Å². The third kappa shape index (κ3) is 7.21. The summed E-state index contributed by atoms with van der Waals surface area (Å²) in [5.74, 6) is -0.729. The Balaban J connectivity index is 3.01. The zero-order chi connectivity index (χ0) is 7.11. The van der Waals surface area contributed by atoms with Crippen LogP contribution in [0.5, 0.6) is 0 Å². The molecule has 0 amide bonds. The first-order chi connectivity index (χ1) is 4.27. The van der Waals surface area contributed by atoms with Gasteiger partial charge in [-0.1, -0.05) is 12.2 Å². The van der Waals surface area contributed by atoms with Gasteiger partial charge in [-0.25, -0.2) is 0 Å². The number of hydrogen-bond donors (Lipinski definition) is 1. The third-order valence-corrected chi connectivity index (χ3v) is 0.928. The highest BCUT2D eigenvalue weighted by Crippen LogP contribution is 1.95. The standard InChI is InChI=1S/C7H11O2/c1-2-3-4-5-6-7(8)9/h2-3H,1,4-6H2,(H,8,9)/b3-2-. The van der Waals surface area contributed by atoms with E-state index in [-0.39, 0.29) is 6.42 Å². The van der Waals surface area contributed by atoms with Gasteiger partial charge in [-0.15, -0.1) is 0 Å². The molecule has 9 heavy (non-hydrogen) atoms. The van der Waals surface area contributed by atoms with Crippen LogP contribution in [0.25, 0.3) is 0 Å². The molecule has 0 aromatic heterocycles. The highest BCUT2D eigenvalue weighted by molar-refractivity contribution is 5.66. The molecule has 2 heteroatoms. The van der Waals surface area contributed by atoms with Crippen LogP contribution in [-0.2, 0) is 4.79 Å². The molecule has 0 fully saturated rings. The first kappa shape index (κ1) is 8.21. The largest absolute Gasteiger partial charge is 0.481 e. The predicted octanol–water partition coefficient (Wildman–Crippen LogP) is 1.63. The van der Waals surface area contributed by atoms with Crippen molar-refractivity contribution in [3.63, 3.8) is 0 Å². The summed E-state index contributed by atoms with van der Waals surface area (Å²) in [6.07, 6.45) is 5.33. The second kappa shape index (κ2) is 5.35. The maximum Gasteiger partial charge on any atom is 0.303 e. The number of carbonyl (C=O) groups is 1. The van der Waals surface area contributed by atoms with E-state index < -0.39 is 5.97 Å². The fourth-order valence-corrected chi connectivity index (χ4v) is 0.489. The van der Waals surface area contributed by atoms with Gasteiger partial charge in [0, 0.05) is 6.42 Å². The molecule has 2 nitrogen and oxygen atoms in total. The Morgan fingerprint density at radius 1 is 1.67 bits per heavy atom. The van der Waals surface area contributed by atoms with Crippen molar-refractivity contribution < 1.29 is 9.90 Å². The topological polar surface area (TPSA) is 37.3 Å². The van der Waals surface area contributed by atoms with Crippen LogP contribution >= 0.6 is 0 Å². The molecule has 1 N–H and O–H groups in total. The van der Waals surface area contributed by atoms with Crippen LogP contribution in [0.4, 0.5) is 0 Å². The number of carboxylic acids is 1. The molecular formula is C7H11O2. The zero-order valence-electron chi connectivity index (χ0n) is 5.34. The van der Waals surface area contributed by atoms with E-state index in [4.69, 9.17) is 5.11 Å². The van der Waals surface area contributed by atoms with Crippen LogP contribution in [-0.4, -0.2) is 11.1 Å². The van der Waals surface area contributed by atoms with Crippen molar-refractivity contribution in [2.75, 3.05) is 0 Å². The van der Waals surface area contributed by atoms with E-state index in [1.807, 2.05) is 6.08 Å². The normalized spacial score (nSPS) is 10.3. The molecule has 1 radical (unpaired) electrons. The summed E-state index contributed by atoms with van der Waals surface area (Å²) in [4.78, 5) is 9.92. The van der Waals surface area contributed by atoms with Crippen LogP contribution in [0, 0.1) is 6.92 Å². The molecule has 0 saturated carbocycles. The maximum absolute atomic E-state index is 9.92. The summed E-state index contributed by atoms with van der Waals surface area (Å²) in [7, 11) is 0. The Morgan fingerprint density at radius 3 is 2.78 bits per heavy atom. The molecule has 0 rings (SSSR count). The number of rotatable bonds is 4. The van der Waals surface area contributed by atoms with E-state index in [0.717, 1.165) is 6.42 Å². The summed E-state index contributed by atoms with van der Waals surface area (Å²) in [5.41, 5.74) is 0. The fourth-order valence-electron chi connectivity index (χ4n) is 0.489. The molecule has 0 aromatic carbocycles. The van der Waals surface area contributed by atoms with E-state index in [2.05, 4.69) is 6.92 Å². The number of hydrogen-bond acceptors (Lipinski definition) is 1. The average molecular weight is 127 g/mol. The van der Waals surface area contributed by atoms with Crippen LogP contribution in [0.1, 0.15) is 19.3 Å². The minimum Gasteiger partial charge on any atom is -0.481 e. The molecule has 0 unspecified atom stereocenters. The number of unbranched alkanes of at least 4 members (excludes halogenated alkanes) is 1. The fraction of sp³-hybridized carbons (Fsp3) is 0.429. The van der Waals surface area contributed by atoms with E-state index in [1.165, 1.54) is 0 Å². The summed E-state index contributed by atoms with van der Waals surface area (Å²) < 4.78 is 0. The maximum atomic E-state index is 9.92. The van der Waals surface area contributed by atoms with Crippen LogP contribution in [0.15, 0.2) is 12.2 Å². The number of aliphatic carboxylic acids is 1. The molecule has 0 aliphatic carbocycles. The predicted molar refractivity (Wildman–Crippen MR) is 36.0 cm³/mol. The van der Waals surface area contributed by atoms with Crippen molar-refractivity contribution in [1.82, 2.24) is 0 Å². The van der Waals surface area contributed by atoms with Gasteiger partial charge >= 0.3 is 5.97 Å². The van der Waals surface area contributed by atoms with Crippen molar-refractivity contribution in [1.29, 1.82) is 0 Å². The molecule has 0 bridgehead atoms. The Morgan fingerprint density at radius 2 is 2.33 bits per heavy atom. The molecule has 51 valence electrons. The van der Waals surface area contributed by atoms with Crippen LogP contribution in [0.3, 0.4) is 0 Å². The first-order valence-electron chi connectivity index (χ1n) is 2.93. The van der Waals surface area contributed by atoms with Gasteiger partial charge in [0.05, 0.1) is 0 Å². The van der Waals surface area contributed by atoms with Gasteiger partial charge in [0.25, 0.3) is 0 Å².